The first kappa shape index (κ1) is 15.6. The number of rotatable bonds is 7. The van der Waals surface area contributed by atoms with E-state index >= 15 is 0 Å². The zero-order valence-electron chi connectivity index (χ0n) is 11.7. The van der Waals surface area contributed by atoms with Crippen molar-refractivity contribution in [1.29, 1.82) is 0 Å². The summed E-state index contributed by atoms with van der Waals surface area (Å²) in [6, 6.07) is 11.6. The first-order valence-corrected chi connectivity index (χ1v) is 7.69. The van der Waals surface area contributed by atoms with Crippen LogP contribution in [0.1, 0.15) is 10.4 Å². The van der Waals surface area contributed by atoms with Gasteiger partial charge in [0.05, 0.1) is 13.2 Å². The number of benzene rings is 1. The summed E-state index contributed by atoms with van der Waals surface area (Å²) < 4.78 is 11.1. The third-order valence-corrected chi connectivity index (χ3v) is 3.67. The second-order valence-corrected chi connectivity index (χ2v) is 5.31. The van der Waals surface area contributed by atoms with Gasteiger partial charge >= 0.3 is 0 Å². The third-order valence-electron chi connectivity index (χ3n) is 2.74. The molecule has 1 aromatic heterocycles. The zero-order chi connectivity index (χ0) is 14.8. The average Bonchev–Trinajstić information content (AvgIpc) is 3.03. The minimum atomic E-state index is -0.124. The van der Waals surface area contributed by atoms with E-state index in [2.05, 4.69) is 29.4 Å². The summed E-state index contributed by atoms with van der Waals surface area (Å²) in [5.41, 5.74) is 0.864. The van der Waals surface area contributed by atoms with Gasteiger partial charge < -0.3 is 14.6 Å². The molecular weight excluding hydrogens is 284 g/mol. The van der Waals surface area contributed by atoms with Gasteiger partial charge in [-0.15, -0.1) is 11.3 Å². The Bertz CT molecular complexity index is 564. The summed E-state index contributed by atoms with van der Waals surface area (Å²) >= 11 is 1.75. The maximum absolute atomic E-state index is 8.62. The molecule has 110 valence electrons. The van der Waals surface area contributed by atoms with Gasteiger partial charge in [0.25, 0.3) is 0 Å². The number of aliphatic hydroxyl groups excluding tert-OH is 1. The summed E-state index contributed by atoms with van der Waals surface area (Å²) in [6.07, 6.45) is 0.954. The van der Waals surface area contributed by atoms with Crippen molar-refractivity contribution in [2.45, 2.75) is 6.42 Å². The van der Waals surface area contributed by atoms with E-state index < -0.39 is 0 Å². The predicted octanol–water partition coefficient (Wildman–Crippen LogP) is 2.73. The predicted molar refractivity (Wildman–Crippen MR) is 84.7 cm³/mol. The lowest BCUT2D eigenvalue weighted by molar-refractivity contribution is 0.103. The van der Waals surface area contributed by atoms with E-state index in [1.165, 1.54) is 4.88 Å². The Morgan fingerprint density at radius 3 is 2.62 bits per heavy atom. The molecule has 0 atom stereocenters. The Hall–Kier alpha value is -1.80. The number of aliphatic hydroxyl groups is 1. The van der Waals surface area contributed by atoms with Gasteiger partial charge in [0.1, 0.15) is 19.0 Å². The van der Waals surface area contributed by atoms with Gasteiger partial charge in [0.2, 0.25) is 0 Å². The second kappa shape index (κ2) is 9.19. The van der Waals surface area contributed by atoms with E-state index in [1.807, 2.05) is 24.3 Å². The fourth-order valence-corrected chi connectivity index (χ4v) is 2.41. The molecule has 1 heterocycles. The molecule has 0 saturated heterocycles. The number of ether oxygens (including phenoxy) is 2. The largest absolute Gasteiger partial charge is 0.491 e. The number of thiophene rings is 1. The van der Waals surface area contributed by atoms with Crippen LogP contribution < -0.4 is 4.74 Å². The van der Waals surface area contributed by atoms with Crippen LogP contribution in [0.3, 0.4) is 0 Å². The Morgan fingerprint density at radius 2 is 1.90 bits per heavy atom. The van der Waals surface area contributed by atoms with Gasteiger partial charge in [-0.1, -0.05) is 17.9 Å². The summed E-state index contributed by atoms with van der Waals surface area (Å²) in [7, 11) is 0. The first-order chi connectivity index (χ1) is 10.4. The van der Waals surface area contributed by atoms with Crippen LogP contribution >= 0.6 is 11.3 Å². The molecule has 0 aliphatic heterocycles. The maximum atomic E-state index is 8.62. The SMILES string of the molecule is OCC#Cc1ccc(OCCOCCc2cccs2)cc1. The Morgan fingerprint density at radius 1 is 1.05 bits per heavy atom. The normalized spacial score (nSPS) is 9.95. The molecule has 21 heavy (non-hydrogen) atoms. The van der Waals surface area contributed by atoms with Gasteiger partial charge in [-0.3, -0.25) is 0 Å². The van der Waals surface area contributed by atoms with Crippen molar-refractivity contribution in [1.82, 2.24) is 0 Å². The Kier molecular flexibility index (Phi) is 6.82. The molecule has 0 radical (unpaired) electrons. The standard InChI is InChI=1S/C17H18O3S/c18-10-1-3-15-5-7-16(8-6-15)20-13-12-19-11-9-17-4-2-14-21-17/h2,4-8,14,18H,9-13H2. The monoisotopic (exact) mass is 302 g/mol. The Labute approximate surface area is 129 Å². The molecule has 0 bridgehead atoms. The lowest BCUT2D eigenvalue weighted by atomic mass is 10.2. The van der Waals surface area contributed by atoms with Gasteiger partial charge in [0, 0.05) is 16.9 Å². The maximum Gasteiger partial charge on any atom is 0.119 e. The van der Waals surface area contributed by atoms with Crippen molar-refractivity contribution in [3.8, 4) is 17.6 Å². The van der Waals surface area contributed by atoms with Gasteiger partial charge in [-0.25, -0.2) is 0 Å². The summed E-state index contributed by atoms with van der Waals surface area (Å²) in [6.45, 7) is 1.71. The van der Waals surface area contributed by atoms with E-state index in [-0.39, 0.29) is 6.61 Å². The highest BCUT2D eigenvalue weighted by Crippen LogP contribution is 2.11. The van der Waals surface area contributed by atoms with Crippen LogP contribution in [0.25, 0.3) is 0 Å². The molecule has 0 fully saturated rings. The van der Waals surface area contributed by atoms with Gasteiger partial charge in [-0.05, 0) is 35.7 Å². The van der Waals surface area contributed by atoms with Crippen LogP contribution in [0.5, 0.6) is 5.75 Å². The van der Waals surface area contributed by atoms with E-state index in [0.717, 1.165) is 24.3 Å². The molecule has 0 amide bonds. The quantitative estimate of drug-likeness (QED) is 0.631. The topological polar surface area (TPSA) is 38.7 Å². The van der Waals surface area contributed by atoms with E-state index in [9.17, 15) is 0 Å². The van der Waals surface area contributed by atoms with Crippen molar-refractivity contribution in [2.75, 3.05) is 26.4 Å². The molecule has 1 aromatic carbocycles. The fourth-order valence-electron chi connectivity index (χ4n) is 1.72. The lowest BCUT2D eigenvalue weighted by Crippen LogP contribution is -2.08. The van der Waals surface area contributed by atoms with Crippen molar-refractivity contribution in [3.05, 3.63) is 52.2 Å². The van der Waals surface area contributed by atoms with Gasteiger partial charge in [-0.2, -0.15) is 0 Å². The molecule has 4 heteroatoms. The van der Waals surface area contributed by atoms with Crippen molar-refractivity contribution in [3.63, 3.8) is 0 Å². The zero-order valence-corrected chi connectivity index (χ0v) is 12.6. The number of hydrogen-bond acceptors (Lipinski definition) is 4. The highest BCUT2D eigenvalue weighted by atomic mass is 32.1. The molecule has 2 aromatic rings. The molecule has 1 N–H and O–H groups in total. The Balaban J connectivity index is 1.60. The molecular formula is C17H18O3S. The van der Waals surface area contributed by atoms with Crippen molar-refractivity contribution in [2.24, 2.45) is 0 Å². The third kappa shape index (κ3) is 6.01. The highest BCUT2D eigenvalue weighted by molar-refractivity contribution is 7.09. The van der Waals surface area contributed by atoms with Crippen LogP contribution in [-0.2, 0) is 11.2 Å². The van der Waals surface area contributed by atoms with Crippen molar-refractivity contribution < 1.29 is 14.6 Å². The summed E-state index contributed by atoms with van der Waals surface area (Å²) in [5, 5.41) is 10.7. The van der Waals surface area contributed by atoms with Crippen LogP contribution in [0.15, 0.2) is 41.8 Å². The summed E-state index contributed by atoms with van der Waals surface area (Å²) in [5.74, 6) is 6.24. The molecule has 0 aliphatic rings. The van der Waals surface area contributed by atoms with Gasteiger partial charge in [0.15, 0.2) is 0 Å². The molecule has 2 rings (SSSR count). The van der Waals surface area contributed by atoms with Crippen LogP contribution in [0.2, 0.25) is 0 Å². The van der Waals surface area contributed by atoms with Crippen LogP contribution in [0.4, 0.5) is 0 Å². The molecule has 0 spiro atoms. The molecule has 0 unspecified atom stereocenters. The highest BCUT2D eigenvalue weighted by Gasteiger charge is 1.96. The summed E-state index contributed by atoms with van der Waals surface area (Å²) in [4.78, 5) is 1.34. The fraction of sp³-hybridized carbons (Fsp3) is 0.294. The number of hydrogen-bond donors (Lipinski definition) is 1. The molecule has 0 aliphatic carbocycles. The first-order valence-electron chi connectivity index (χ1n) is 6.81. The van der Waals surface area contributed by atoms with Crippen LogP contribution in [0, 0.1) is 11.8 Å². The van der Waals surface area contributed by atoms with E-state index in [4.69, 9.17) is 14.6 Å². The molecule has 0 saturated carbocycles. The molecule has 3 nitrogen and oxygen atoms in total. The lowest BCUT2D eigenvalue weighted by Gasteiger charge is -2.07. The van der Waals surface area contributed by atoms with E-state index in [1.54, 1.807) is 11.3 Å². The van der Waals surface area contributed by atoms with E-state index in [0.29, 0.717) is 13.2 Å². The smallest absolute Gasteiger partial charge is 0.119 e. The average molecular weight is 302 g/mol. The minimum Gasteiger partial charge on any atom is -0.491 e. The van der Waals surface area contributed by atoms with Crippen molar-refractivity contribution >= 4 is 11.3 Å². The minimum absolute atomic E-state index is 0.124. The second-order valence-electron chi connectivity index (χ2n) is 4.27. The van der Waals surface area contributed by atoms with Crippen LogP contribution in [-0.4, -0.2) is 31.5 Å².